The minimum Gasteiger partial charge on any atom is -1.00 e. The molecule has 0 aliphatic heterocycles. The molecule has 2 aromatic heterocycles. The fraction of sp³-hybridized carbons (Fsp3) is 0.0909. The third-order valence-corrected chi connectivity index (χ3v) is 2.01. The second-order valence-electron chi connectivity index (χ2n) is 3.13. The maximum Gasteiger partial charge on any atom is 0.205 e. The van der Waals surface area contributed by atoms with Gasteiger partial charge in [-0.25, -0.2) is 0 Å². The Hall–Kier alpha value is -1.81. The summed E-state index contributed by atoms with van der Waals surface area (Å²) in [5.41, 5.74) is 0.839. The van der Waals surface area contributed by atoms with Crippen LogP contribution in [0.15, 0.2) is 52.5 Å². The lowest BCUT2D eigenvalue weighted by molar-refractivity contribution is -0.690. The van der Waals surface area contributed by atoms with Gasteiger partial charge in [0.15, 0.2) is 18.2 Å². The molecule has 84 valence electrons. The smallest absolute Gasteiger partial charge is 0.205 e. The molecule has 0 fully saturated rings. The Morgan fingerprint density at radius 3 is 2.94 bits per heavy atom. The molecule has 0 saturated carbocycles. The highest BCUT2D eigenvalue weighted by atomic mass is 35.5. The molecule has 0 bridgehead atoms. The van der Waals surface area contributed by atoms with Crippen LogP contribution < -0.4 is 17.0 Å². The van der Waals surface area contributed by atoms with Crippen LogP contribution in [0.5, 0.6) is 0 Å². The van der Waals surface area contributed by atoms with Crippen LogP contribution in [-0.4, -0.2) is 11.4 Å². The summed E-state index contributed by atoms with van der Waals surface area (Å²) < 4.78 is 7.19. The predicted molar refractivity (Wildman–Crippen MR) is 53.8 cm³/mol. The molecule has 2 rings (SSSR count). The quantitative estimate of drug-likeness (QED) is 0.304. The molecule has 0 aliphatic rings. The second kappa shape index (κ2) is 5.92. The standard InChI is InChI=1S/C11H10N2O2.ClH/c14-12-7-10-3-1-5-13(8-10)9-11-4-2-6-15-11;/h1-8H,9H2;1H/b12-7+;. The summed E-state index contributed by atoms with van der Waals surface area (Å²) >= 11 is 0. The number of aromatic nitrogens is 1. The first-order chi connectivity index (χ1) is 7.38. The SMILES string of the molecule is O/N=C/c1ccc[n+](Cc2ccco2)c1.[Cl-]. The molecule has 0 saturated heterocycles. The fourth-order valence-electron chi connectivity index (χ4n) is 1.37. The molecule has 0 radical (unpaired) electrons. The van der Waals surface area contributed by atoms with Crippen LogP contribution in [0.2, 0.25) is 0 Å². The van der Waals surface area contributed by atoms with Crippen molar-refractivity contribution in [1.29, 1.82) is 0 Å². The first-order valence-electron chi connectivity index (χ1n) is 4.57. The monoisotopic (exact) mass is 238 g/mol. The second-order valence-corrected chi connectivity index (χ2v) is 3.13. The molecule has 5 heteroatoms. The van der Waals surface area contributed by atoms with Gasteiger partial charge in [0, 0.05) is 6.07 Å². The summed E-state index contributed by atoms with van der Waals surface area (Å²) in [6.45, 7) is 0.667. The van der Waals surface area contributed by atoms with Crippen LogP contribution >= 0.6 is 0 Å². The highest BCUT2D eigenvalue weighted by molar-refractivity contribution is 5.77. The van der Waals surface area contributed by atoms with Crippen molar-refractivity contribution in [1.82, 2.24) is 0 Å². The van der Waals surface area contributed by atoms with Gasteiger partial charge in [-0.05, 0) is 18.2 Å². The number of nitrogens with zero attached hydrogens (tertiary/aromatic N) is 2. The number of hydrogen-bond acceptors (Lipinski definition) is 3. The maximum absolute atomic E-state index is 8.41. The lowest BCUT2D eigenvalue weighted by Crippen LogP contribution is -3.00. The summed E-state index contributed by atoms with van der Waals surface area (Å²) in [6.07, 6.45) is 6.84. The normalized spacial score (nSPS) is 10.2. The third-order valence-electron chi connectivity index (χ3n) is 2.01. The van der Waals surface area contributed by atoms with Crippen LogP contribution in [0.25, 0.3) is 0 Å². The first-order valence-corrected chi connectivity index (χ1v) is 4.57. The number of pyridine rings is 1. The molecule has 0 amide bonds. The van der Waals surface area contributed by atoms with Gasteiger partial charge in [0.05, 0.1) is 18.0 Å². The van der Waals surface area contributed by atoms with Crippen molar-refractivity contribution < 1.29 is 26.6 Å². The van der Waals surface area contributed by atoms with Crippen LogP contribution in [-0.2, 0) is 6.54 Å². The lowest BCUT2D eigenvalue weighted by atomic mass is 10.3. The minimum atomic E-state index is 0. The number of hydrogen-bond donors (Lipinski definition) is 1. The van der Waals surface area contributed by atoms with Crippen LogP contribution in [0.1, 0.15) is 11.3 Å². The van der Waals surface area contributed by atoms with Crippen molar-refractivity contribution in [3.63, 3.8) is 0 Å². The van der Waals surface area contributed by atoms with Crippen LogP contribution in [0.4, 0.5) is 0 Å². The Labute approximate surface area is 99.2 Å². The molecular formula is C11H11ClN2O2. The van der Waals surface area contributed by atoms with Gasteiger partial charge >= 0.3 is 0 Å². The molecule has 4 nitrogen and oxygen atoms in total. The maximum atomic E-state index is 8.41. The topological polar surface area (TPSA) is 49.6 Å². The van der Waals surface area contributed by atoms with Gasteiger partial charge in [0.2, 0.25) is 6.54 Å². The first kappa shape index (κ1) is 12.3. The number of furan rings is 1. The lowest BCUT2D eigenvalue weighted by Gasteiger charge is -1.94. The van der Waals surface area contributed by atoms with E-state index in [2.05, 4.69) is 5.16 Å². The van der Waals surface area contributed by atoms with Crippen molar-refractivity contribution in [2.45, 2.75) is 6.54 Å². The zero-order chi connectivity index (χ0) is 10.5. The highest BCUT2D eigenvalue weighted by Crippen LogP contribution is 1.99. The molecule has 2 aromatic rings. The van der Waals surface area contributed by atoms with E-state index in [4.69, 9.17) is 9.62 Å². The molecule has 0 aromatic carbocycles. The number of halogens is 1. The van der Waals surface area contributed by atoms with Crippen molar-refractivity contribution in [3.05, 3.63) is 54.2 Å². The Kier molecular flexibility index (Phi) is 4.54. The van der Waals surface area contributed by atoms with Gasteiger partial charge in [-0.1, -0.05) is 5.16 Å². The summed E-state index contributed by atoms with van der Waals surface area (Å²) in [6, 6.07) is 7.52. The third kappa shape index (κ3) is 3.10. The average molecular weight is 239 g/mol. The van der Waals surface area contributed by atoms with Crippen molar-refractivity contribution in [2.24, 2.45) is 5.16 Å². The Morgan fingerprint density at radius 2 is 2.25 bits per heavy atom. The summed E-state index contributed by atoms with van der Waals surface area (Å²) in [4.78, 5) is 0. The molecule has 2 heterocycles. The van der Waals surface area contributed by atoms with E-state index in [-0.39, 0.29) is 12.4 Å². The fourth-order valence-corrected chi connectivity index (χ4v) is 1.37. The average Bonchev–Trinajstić information content (AvgIpc) is 2.71. The van der Waals surface area contributed by atoms with Gasteiger partial charge in [0.1, 0.15) is 0 Å². The Morgan fingerprint density at radius 1 is 1.38 bits per heavy atom. The Balaban J connectivity index is 0.00000128. The van der Waals surface area contributed by atoms with E-state index in [0.717, 1.165) is 11.3 Å². The number of oxime groups is 1. The summed E-state index contributed by atoms with van der Waals surface area (Å²) in [7, 11) is 0. The molecule has 1 N–H and O–H groups in total. The minimum absolute atomic E-state index is 0. The molecule has 16 heavy (non-hydrogen) atoms. The Bertz CT molecular complexity index is 455. The van der Waals surface area contributed by atoms with Gasteiger partial charge in [-0.3, -0.25) is 0 Å². The van der Waals surface area contributed by atoms with Crippen LogP contribution in [0.3, 0.4) is 0 Å². The van der Waals surface area contributed by atoms with Crippen molar-refractivity contribution in [2.75, 3.05) is 0 Å². The van der Waals surface area contributed by atoms with E-state index in [0.29, 0.717) is 6.54 Å². The zero-order valence-electron chi connectivity index (χ0n) is 8.45. The zero-order valence-corrected chi connectivity index (χ0v) is 9.21. The molecule has 0 spiro atoms. The highest BCUT2D eigenvalue weighted by Gasteiger charge is 2.04. The van der Waals surface area contributed by atoms with Crippen molar-refractivity contribution in [3.8, 4) is 0 Å². The van der Waals surface area contributed by atoms with Crippen molar-refractivity contribution >= 4 is 6.21 Å². The molecular weight excluding hydrogens is 228 g/mol. The summed E-state index contributed by atoms with van der Waals surface area (Å²) in [5.74, 6) is 0.887. The number of rotatable bonds is 3. The van der Waals surface area contributed by atoms with Gasteiger partial charge in [-0.15, -0.1) is 0 Å². The van der Waals surface area contributed by atoms with E-state index < -0.39 is 0 Å². The van der Waals surface area contributed by atoms with E-state index in [1.165, 1.54) is 6.21 Å². The van der Waals surface area contributed by atoms with E-state index in [9.17, 15) is 0 Å². The molecule has 0 aliphatic carbocycles. The van der Waals surface area contributed by atoms with Gasteiger partial charge in [0.25, 0.3) is 0 Å². The van der Waals surface area contributed by atoms with Gasteiger partial charge in [-0.2, -0.15) is 4.57 Å². The van der Waals surface area contributed by atoms with Crippen LogP contribution in [0, 0.1) is 0 Å². The molecule has 0 atom stereocenters. The summed E-state index contributed by atoms with van der Waals surface area (Å²) in [5, 5.41) is 11.4. The predicted octanol–water partition coefficient (Wildman–Crippen LogP) is -1.57. The van der Waals surface area contributed by atoms with E-state index in [1.807, 2.05) is 41.2 Å². The van der Waals surface area contributed by atoms with E-state index >= 15 is 0 Å². The van der Waals surface area contributed by atoms with E-state index in [1.54, 1.807) is 6.26 Å². The van der Waals surface area contributed by atoms with Gasteiger partial charge < -0.3 is 22.0 Å². The largest absolute Gasteiger partial charge is 1.00 e. The molecule has 0 unspecified atom stereocenters.